The SMILES string of the molecule is CCc1c(C)nc(-n2nc(C(C)(C)C)cc2NC(=O)Nc2cc(OC)cc(OC)c2)[nH]c1=O. The first-order valence-corrected chi connectivity index (χ1v) is 10.6. The molecular formula is C23H30N6O4. The Morgan fingerprint density at radius 2 is 1.73 bits per heavy atom. The van der Waals surface area contributed by atoms with Crippen LogP contribution in [0.1, 0.15) is 44.6 Å². The fourth-order valence-electron chi connectivity index (χ4n) is 3.27. The van der Waals surface area contributed by atoms with Crippen molar-refractivity contribution in [1.82, 2.24) is 19.7 Å². The number of rotatable bonds is 6. The number of anilines is 2. The van der Waals surface area contributed by atoms with Crippen LogP contribution in [0.15, 0.2) is 29.1 Å². The Morgan fingerprint density at radius 1 is 1.09 bits per heavy atom. The van der Waals surface area contributed by atoms with Crippen LogP contribution in [0.2, 0.25) is 0 Å². The predicted octanol–water partition coefficient (Wildman–Crippen LogP) is 3.79. The minimum atomic E-state index is -0.504. The van der Waals surface area contributed by atoms with Crippen molar-refractivity contribution < 1.29 is 14.3 Å². The van der Waals surface area contributed by atoms with Crippen molar-refractivity contribution >= 4 is 17.5 Å². The second-order valence-corrected chi connectivity index (χ2v) is 8.56. The van der Waals surface area contributed by atoms with E-state index < -0.39 is 6.03 Å². The average molecular weight is 455 g/mol. The number of H-pyrrole nitrogens is 1. The van der Waals surface area contributed by atoms with Crippen LogP contribution in [0.5, 0.6) is 11.5 Å². The van der Waals surface area contributed by atoms with E-state index in [9.17, 15) is 9.59 Å². The molecule has 2 aromatic heterocycles. The zero-order chi connectivity index (χ0) is 24.3. The normalized spacial score (nSPS) is 11.2. The van der Waals surface area contributed by atoms with E-state index >= 15 is 0 Å². The van der Waals surface area contributed by atoms with E-state index in [1.807, 2.05) is 27.7 Å². The number of carbonyl (C=O) groups is 1. The Labute approximate surface area is 192 Å². The van der Waals surface area contributed by atoms with Crippen molar-refractivity contribution in [1.29, 1.82) is 0 Å². The van der Waals surface area contributed by atoms with Crippen molar-refractivity contribution in [3.8, 4) is 17.4 Å². The van der Waals surface area contributed by atoms with E-state index in [-0.39, 0.29) is 16.9 Å². The highest BCUT2D eigenvalue weighted by molar-refractivity contribution is 5.99. The molecule has 176 valence electrons. The smallest absolute Gasteiger partial charge is 0.324 e. The molecule has 0 spiro atoms. The van der Waals surface area contributed by atoms with Gasteiger partial charge in [0.15, 0.2) is 0 Å². The van der Waals surface area contributed by atoms with E-state index in [1.165, 1.54) is 18.9 Å². The number of benzene rings is 1. The molecule has 0 bridgehead atoms. The van der Waals surface area contributed by atoms with Gasteiger partial charge in [0.25, 0.3) is 5.56 Å². The minimum Gasteiger partial charge on any atom is -0.497 e. The molecule has 0 aliphatic heterocycles. The lowest BCUT2D eigenvalue weighted by atomic mass is 9.92. The predicted molar refractivity (Wildman–Crippen MR) is 127 cm³/mol. The number of ether oxygens (including phenoxy) is 2. The first-order chi connectivity index (χ1) is 15.5. The summed E-state index contributed by atoms with van der Waals surface area (Å²) in [5.41, 5.74) is 1.91. The number of carbonyl (C=O) groups excluding carboxylic acids is 1. The van der Waals surface area contributed by atoms with E-state index in [0.717, 1.165) is 5.69 Å². The minimum absolute atomic E-state index is 0.226. The molecule has 33 heavy (non-hydrogen) atoms. The standard InChI is InChI=1S/C23H30N6O4/c1-8-17-13(2)24-21(27-20(17)30)29-19(12-18(28-29)23(3,4)5)26-22(31)25-14-9-15(32-6)11-16(10-14)33-7/h9-12H,8H2,1-7H3,(H,24,27,30)(H2,25,26,31). The van der Waals surface area contributed by atoms with Crippen molar-refractivity contribution in [2.45, 2.75) is 46.5 Å². The molecule has 0 fully saturated rings. The molecule has 0 aliphatic carbocycles. The summed E-state index contributed by atoms with van der Waals surface area (Å²) in [6.45, 7) is 9.70. The number of aromatic amines is 1. The number of aryl methyl sites for hydroxylation is 1. The monoisotopic (exact) mass is 454 g/mol. The van der Waals surface area contributed by atoms with Crippen molar-refractivity contribution in [3.63, 3.8) is 0 Å². The highest BCUT2D eigenvalue weighted by Crippen LogP contribution is 2.27. The summed E-state index contributed by atoms with van der Waals surface area (Å²) >= 11 is 0. The van der Waals surface area contributed by atoms with Crippen molar-refractivity contribution in [3.05, 3.63) is 51.6 Å². The van der Waals surface area contributed by atoms with Gasteiger partial charge in [0, 0.05) is 46.6 Å². The molecule has 3 rings (SSSR count). The van der Waals surface area contributed by atoms with E-state index in [1.54, 1.807) is 31.2 Å². The lowest BCUT2D eigenvalue weighted by molar-refractivity contribution is 0.262. The fourth-order valence-corrected chi connectivity index (χ4v) is 3.27. The third-order valence-corrected chi connectivity index (χ3v) is 5.09. The molecule has 2 amide bonds. The van der Waals surface area contributed by atoms with Gasteiger partial charge in [-0.05, 0) is 13.3 Å². The Kier molecular flexibility index (Phi) is 6.75. The zero-order valence-corrected chi connectivity index (χ0v) is 20.0. The van der Waals surface area contributed by atoms with Gasteiger partial charge in [0.05, 0.1) is 19.9 Å². The Morgan fingerprint density at radius 3 is 2.24 bits per heavy atom. The first kappa shape index (κ1) is 23.8. The molecule has 0 aliphatic rings. The van der Waals surface area contributed by atoms with Crippen molar-refractivity contribution in [2.24, 2.45) is 0 Å². The van der Waals surface area contributed by atoms with Crippen molar-refractivity contribution in [2.75, 3.05) is 24.9 Å². The molecule has 0 saturated carbocycles. The Balaban J connectivity index is 1.97. The molecular weight excluding hydrogens is 424 g/mol. The van der Waals surface area contributed by atoms with Crippen LogP contribution in [-0.4, -0.2) is 40.0 Å². The molecule has 10 heteroatoms. The summed E-state index contributed by atoms with van der Waals surface area (Å²) in [5, 5.41) is 10.2. The second-order valence-electron chi connectivity index (χ2n) is 8.56. The number of hydrogen-bond donors (Lipinski definition) is 3. The molecule has 2 heterocycles. The van der Waals surface area contributed by atoms with Gasteiger partial charge in [-0.15, -0.1) is 0 Å². The number of nitrogens with one attached hydrogen (secondary N) is 3. The molecule has 3 aromatic rings. The topological polar surface area (TPSA) is 123 Å². The molecule has 10 nitrogen and oxygen atoms in total. The molecule has 3 N–H and O–H groups in total. The molecule has 0 unspecified atom stereocenters. The maximum Gasteiger partial charge on any atom is 0.324 e. The fraction of sp³-hybridized carbons (Fsp3) is 0.391. The average Bonchev–Trinajstić information content (AvgIpc) is 3.17. The largest absolute Gasteiger partial charge is 0.497 e. The quantitative estimate of drug-likeness (QED) is 0.521. The number of nitrogens with zero attached hydrogens (tertiary/aromatic N) is 3. The van der Waals surface area contributed by atoms with Crippen LogP contribution in [0.3, 0.4) is 0 Å². The van der Waals surface area contributed by atoms with Gasteiger partial charge in [-0.1, -0.05) is 27.7 Å². The van der Waals surface area contributed by atoms with Gasteiger partial charge in [-0.25, -0.2) is 9.78 Å². The van der Waals surface area contributed by atoms with Crippen LogP contribution < -0.4 is 25.7 Å². The lowest BCUT2D eigenvalue weighted by Crippen LogP contribution is -2.24. The van der Waals surface area contributed by atoms with Gasteiger partial charge in [0.2, 0.25) is 5.95 Å². The first-order valence-electron chi connectivity index (χ1n) is 10.6. The van der Waals surface area contributed by atoms with Gasteiger partial charge in [-0.2, -0.15) is 9.78 Å². The van der Waals surface area contributed by atoms with Crippen LogP contribution >= 0.6 is 0 Å². The van der Waals surface area contributed by atoms with Gasteiger partial charge in [0.1, 0.15) is 17.3 Å². The summed E-state index contributed by atoms with van der Waals surface area (Å²) in [6.07, 6.45) is 0.568. The molecule has 1 aromatic carbocycles. The molecule has 0 atom stereocenters. The number of aromatic nitrogens is 4. The van der Waals surface area contributed by atoms with Gasteiger partial charge >= 0.3 is 6.03 Å². The Hall–Kier alpha value is -3.82. The summed E-state index contributed by atoms with van der Waals surface area (Å²) in [4.78, 5) is 32.6. The zero-order valence-electron chi connectivity index (χ0n) is 20.0. The second kappa shape index (κ2) is 9.35. The van der Waals surface area contributed by atoms with Crippen LogP contribution in [0.4, 0.5) is 16.3 Å². The summed E-state index contributed by atoms with van der Waals surface area (Å²) < 4.78 is 11.9. The van der Waals surface area contributed by atoms with Crippen LogP contribution in [0.25, 0.3) is 5.95 Å². The van der Waals surface area contributed by atoms with Gasteiger partial charge in [-0.3, -0.25) is 15.1 Å². The Bertz CT molecular complexity index is 1200. The number of hydrogen-bond acceptors (Lipinski definition) is 6. The molecule has 0 radical (unpaired) electrons. The number of urea groups is 1. The number of amides is 2. The number of methoxy groups -OCH3 is 2. The maximum atomic E-state index is 12.8. The van der Waals surface area contributed by atoms with Crippen LogP contribution in [0, 0.1) is 6.92 Å². The van der Waals surface area contributed by atoms with E-state index in [4.69, 9.17) is 9.47 Å². The maximum absolute atomic E-state index is 12.8. The van der Waals surface area contributed by atoms with Gasteiger partial charge < -0.3 is 14.8 Å². The summed E-state index contributed by atoms with van der Waals surface area (Å²) in [6, 6.07) is 6.31. The third kappa shape index (κ3) is 5.33. The third-order valence-electron chi connectivity index (χ3n) is 5.09. The highest BCUT2D eigenvalue weighted by atomic mass is 16.5. The van der Waals surface area contributed by atoms with Crippen LogP contribution in [-0.2, 0) is 11.8 Å². The highest BCUT2D eigenvalue weighted by Gasteiger charge is 2.23. The van der Waals surface area contributed by atoms with E-state index in [2.05, 4.69) is 25.7 Å². The van der Waals surface area contributed by atoms with E-state index in [0.29, 0.717) is 40.7 Å². The summed E-state index contributed by atoms with van der Waals surface area (Å²) in [7, 11) is 3.07. The molecule has 0 saturated heterocycles. The lowest BCUT2D eigenvalue weighted by Gasteiger charge is -2.14. The summed E-state index contributed by atoms with van der Waals surface area (Å²) in [5.74, 6) is 1.67.